The summed E-state index contributed by atoms with van der Waals surface area (Å²) in [6.07, 6.45) is 0.864. The van der Waals surface area contributed by atoms with Gasteiger partial charge >= 0.3 is 0 Å². The fraction of sp³-hybridized carbons (Fsp3) is 0.400. The van der Waals surface area contributed by atoms with Gasteiger partial charge in [0.05, 0.1) is 0 Å². The number of hydrogen-bond donors (Lipinski definition) is 1. The minimum Gasteiger partial charge on any atom is -0.328 e. The van der Waals surface area contributed by atoms with E-state index in [9.17, 15) is 13.2 Å². The highest BCUT2D eigenvalue weighted by molar-refractivity contribution is 5.20. The maximum absolute atomic E-state index is 13.0. The van der Waals surface area contributed by atoms with Gasteiger partial charge < -0.3 is 5.73 Å². The summed E-state index contributed by atoms with van der Waals surface area (Å²) in [5.41, 5.74) is 5.64. The molecule has 1 aromatic carbocycles. The maximum atomic E-state index is 13.0. The summed E-state index contributed by atoms with van der Waals surface area (Å²) < 4.78 is 38.3. The van der Waals surface area contributed by atoms with Crippen LogP contribution in [0, 0.1) is 17.5 Å². The predicted octanol–water partition coefficient (Wildman–Crippen LogP) is 2.38. The topological polar surface area (TPSA) is 26.0 Å². The highest BCUT2D eigenvalue weighted by atomic mass is 19.2. The Bertz CT molecular complexity index is 323. The SMILES string of the molecule is C[C@H](N)CCc1cc(F)c(F)cc1F. The Hall–Kier alpha value is -1.03. The first-order valence-electron chi connectivity index (χ1n) is 4.39. The average Bonchev–Trinajstić information content (AvgIpc) is 2.09. The van der Waals surface area contributed by atoms with Crippen LogP contribution in [0.2, 0.25) is 0 Å². The summed E-state index contributed by atoms with van der Waals surface area (Å²) in [7, 11) is 0. The zero-order chi connectivity index (χ0) is 10.7. The molecule has 0 heterocycles. The molecule has 0 spiro atoms. The molecule has 0 saturated carbocycles. The first kappa shape index (κ1) is 11.0. The molecule has 78 valence electrons. The summed E-state index contributed by atoms with van der Waals surface area (Å²) in [6, 6.07) is 1.36. The molecule has 0 aromatic heterocycles. The first-order chi connectivity index (χ1) is 6.50. The van der Waals surface area contributed by atoms with Gasteiger partial charge in [-0.25, -0.2) is 13.2 Å². The van der Waals surface area contributed by atoms with Gasteiger partial charge in [-0.15, -0.1) is 0 Å². The lowest BCUT2D eigenvalue weighted by Gasteiger charge is -2.06. The minimum absolute atomic E-state index is 0.0810. The molecule has 1 aromatic rings. The molecule has 0 aliphatic rings. The number of nitrogens with two attached hydrogens (primary N) is 1. The largest absolute Gasteiger partial charge is 0.328 e. The molecule has 14 heavy (non-hydrogen) atoms. The Kier molecular flexibility index (Phi) is 3.52. The Morgan fingerprint density at radius 2 is 1.71 bits per heavy atom. The van der Waals surface area contributed by atoms with Crippen LogP contribution < -0.4 is 5.73 Å². The fourth-order valence-corrected chi connectivity index (χ4v) is 1.14. The zero-order valence-corrected chi connectivity index (χ0v) is 7.86. The molecular formula is C10H12F3N. The molecule has 0 fully saturated rings. The Morgan fingerprint density at radius 1 is 1.14 bits per heavy atom. The van der Waals surface area contributed by atoms with Crippen LogP contribution in [0.4, 0.5) is 13.2 Å². The van der Waals surface area contributed by atoms with Crippen molar-refractivity contribution < 1.29 is 13.2 Å². The summed E-state index contributed by atoms with van der Waals surface area (Å²) in [5.74, 6) is -2.90. The van der Waals surface area contributed by atoms with Crippen LogP contribution >= 0.6 is 0 Å². The normalized spacial score (nSPS) is 12.9. The van der Waals surface area contributed by atoms with Gasteiger partial charge in [0.25, 0.3) is 0 Å². The molecule has 0 aliphatic heterocycles. The van der Waals surface area contributed by atoms with E-state index in [4.69, 9.17) is 5.73 Å². The van der Waals surface area contributed by atoms with Gasteiger partial charge in [0.1, 0.15) is 5.82 Å². The Balaban J connectivity index is 2.82. The van der Waals surface area contributed by atoms with E-state index < -0.39 is 17.5 Å². The van der Waals surface area contributed by atoms with Gasteiger partial charge in [0.2, 0.25) is 0 Å². The van der Waals surface area contributed by atoms with E-state index in [0.29, 0.717) is 18.9 Å². The lowest BCUT2D eigenvalue weighted by Crippen LogP contribution is -2.15. The van der Waals surface area contributed by atoms with Crippen LogP contribution in [-0.4, -0.2) is 6.04 Å². The first-order valence-corrected chi connectivity index (χ1v) is 4.39. The third-order valence-electron chi connectivity index (χ3n) is 1.96. The second-order valence-electron chi connectivity index (χ2n) is 3.37. The highest BCUT2D eigenvalue weighted by Gasteiger charge is 2.09. The molecule has 2 N–H and O–H groups in total. The smallest absolute Gasteiger partial charge is 0.161 e. The molecular weight excluding hydrogens is 191 g/mol. The molecule has 0 aliphatic carbocycles. The molecule has 1 nitrogen and oxygen atoms in total. The van der Waals surface area contributed by atoms with E-state index in [1.165, 1.54) is 0 Å². The molecule has 0 radical (unpaired) electrons. The van der Waals surface area contributed by atoms with E-state index in [0.717, 1.165) is 6.07 Å². The Labute approximate surface area is 80.7 Å². The van der Waals surface area contributed by atoms with Crippen molar-refractivity contribution in [2.24, 2.45) is 5.73 Å². The number of benzene rings is 1. The molecule has 1 atom stereocenters. The van der Waals surface area contributed by atoms with Crippen LogP contribution in [0.5, 0.6) is 0 Å². The summed E-state index contributed by atoms with van der Waals surface area (Å²) in [6.45, 7) is 1.78. The van der Waals surface area contributed by atoms with E-state index >= 15 is 0 Å². The van der Waals surface area contributed by atoms with Crippen molar-refractivity contribution >= 4 is 0 Å². The van der Waals surface area contributed by atoms with E-state index in [2.05, 4.69) is 0 Å². The molecule has 0 saturated heterocycles. The van der Waals surface area contributed by atoms with Crippen LogP contribution in [0.1, 0.15) is 18.9 Å². The van der Waals surface area contributed by atoms with E-state index in [1.54, 1.807) is 6.92 Å². The van der Waals surface area contributed by atoms with Crippen LogP contribution in [0.3, 0.4) is 0 Å². The number of aryl methyl sites for hydroxylation is 1. The van der Waals surface area contributed by atoms with Gasteiger partial charge in [-0.2, -0.15) is 0 Å². The fourth-order valence-electron chi connectivity index (χ4n) is 1.14. The van der Waals surface area contributed by atoms with Gasteiger partial charge in [-0.3, -0.25) is 0 Å². The van der Waals surface area contributed by atoms with Gasteiger partial charge in [0, 0.05) is 12.1 Å². The van der Waals surface area contributed by atoms with Crippen molar-refractivity contribution in [3.63, 3.8) is 0 Å². The number of halogens is 3. The maximum Gasteiger partial charge on any atom is 0.161 e. The van der Waals surface area contributed by atoms with Crippen molar-refractivity contribution in [3.05, 3.63) is 35.1 Å². The van der Waals surface area contributed by atoms with E-state index in [-0.39, 0.29) is 11.6 Å². The van der Waals surface area contributed by atoms with Crippen molar-refractivity contribution in [3.8, 4) is 0 Å². The van der Waals surface area contributed by atoms with Gasteiger partial charge in [0.15, 0.2) is 11.6 Å². The average molecular weight is 203 g/mol. The lowest BCUT2D eigenvalue weighted by molar-refractivity contribution is 0.488. The zero-order valence-electron chi connectivity index (χ0n) is 7.86. The van der Waals surface area contributed by atoms with Gasteiger partial charge in [-0.05, 0) is 31.4 Å². The third kappa shape index (κ3) is 2.73. The van der Waals surface area contributed by atoms with Crippen molar-refractivity contribution in [2.45, 2.75) is 25.8 Å². The number of hydrogen-bond acceptors (Lipinski definition) is 1. The van der Waals surface area contributed by atoms with Crippen LogP contribution in [0.25, 0.3) is 0 Å². The molecule has 4 heteroatoms. The highest BCUT2D eigenvalue weighted by Crippen LogP contribution is 2.15. The van der Waals surface area contributed by atoms with E-state index in [1.807, 2.05) is 0 Å². The van der Waals surface area contributed by atoms with Gasteiger partial charge in [-0.1, -0.05) is 0 Å². The van der Waals surface area contributed by atoms with Crippen molar-refractivity contribution in [1.29, 1.82) is 0 Å². The van der Waals surface area contributed by atoms with Crippen LogP contribution in [0.15, 0.2) is 12.1 Å². The number of rotatable bonds is 3. The van der Waals surface area contributed by atoms with Crippen LogP contribution in [-0.2, 0) is 6.42 Å². The Morgan fingerprint density at radius 3 is 2.29 bits per heavy atom. The van der Waals surface area contributed by atoms with Crippen molar-refractivity contribution in [2.75, 3.05) is 0 Å². The molecule has 1 rings (SSSR count). The summed E-state index contributed by atoms with van der Waals surface area (Å²) >= 11 is 0. The summed E-state index contributed by atoms with van der Waals surface area (Å²) in [4.78, 5) is 0. The summed E-state index contributed by atoms with van der Waals surface area (Å²) in [5, 5.41) is 0. The van der Waals surface area contributed by atoms with Crippen molar-refractivity contribution in [1.82, 2.24) is 0 Å². The second-order valence-corrected chi connectivity index (χ2v) is 3.37. The lowest BCUT2D eigenvalue weighted by atomic mass is 10.1. The predicted molar refractivity (Wildman–Crippen MR) is 48.3 cm³/mol. The quantitative estimate of drug-likeness (QED) is 0.750. The monoisotopic (exact) mass is 203 g/mol. The standard InChI is InChI=1S/C10H12F3N/c1-6(14)2-3-7-4-9(12)10(13)5-8(7)11/h4-6H,2-3,14H2,1H3/t6-/m0/s1. The second kappa shape index (κ2) is 4.46. The molecule has 0 amide bonds. The minimum atomic E-state index is -1.16. The molecule has 0 bridgehead atoms. The third-order valence-corrected chi connectivity index (χ3v) is 1.96. The molecule has 0 unspecified atom stereocenters.